The third kappa shape index (κ3) is 3.10. The highest BCUT2D eigenvalue weighted by molar-refractivity contribution is 6.35. The first-order valence-electron chi connectivity index (χ1n) is 8.51. The van der Waals surface area contributed by atoms with E-state index in [0.29, 0.717) is 11.1 Å². The molecule has 5 nitrogen and oxygen atoms in total. The second-order valence-electron chi connectivity index (χ2n) is 6.61. The fourth-order valence-electron chi connectivity index (χ4n) is 3.47. The van der Waals surface area contributed by atoms with Crippen molar-refractivity contribution < 1.29 is 4.74 Å². The van der Waals surface area contributed by atoms with Gasteiger partial charge in [0, 0.05) is 35.0 Å². The Hall–Kier alpha value is -2.11. The number of methoxy groups -OCH3 is 1. The molecule has 4 rings (SSSR count). The number of benzene rings is 1. The van der Waals surface area contributed by atoms with Crippen LogP contribution in [0.5, 0.6) is 5.75 Å². The molecule has 6 heteroatoms. The first-order valence-corrected chi connectivity index (χ1v) is 8.89. The summed E-state index contributed by atoms with van der Waals surface area (Å²) in [5.74, 6) is 0.783. The van der Waals surface area contributed by atoms with Gasteiger partial charge in [0.05, 0.1) is 29.9 Å². The average molecular weight is 357 g/mol. The lowest BCUT2D eigenvalue weighted by molar-refractivity contribution is 0.212. The van der Waals surface area contributed by atoms with E-state index in [1.165, 1.54) is 0 Å². The molecule has 0 amide bonds. The molecule has 1 fully saturated rings. The zero-order chi connectivity index (χ0) is 17.4. The van der Waals surface area contributed by atoms with Crippen molar-refractivity contribution >= 4 is 22.5 Å². The number of pyridine rings is 1. The molecule has 0 N–H and O–H groups in total. The van der Waals surface area contributed by atoms with Crippen molar-refractivity contribution in [3.05, 3.63) is 41.8 Å². The summed E-state index contributed by atoms with van der Waals surface area (Å²) >= 11 is 6.35. The molecule has 1 saturated heterocycles. The number of aromatic nitrogens is 3. The van der Waals surface area contributed by atoms with Gasteiger partial charge in [0.2, 0.25) is 0 Å². The Kier molecular flexibility index (Phi) is 4.36. The second kappa shape index (κ2) is 6.65. The molecule has 2 aromatic heterocycles. The minimum atomic E-state index is 0.460. The van der Waals surface area contributed by atoms with Gasteiger partial charge < -0.3 is 9.64 Å². The van der Waals surface area contributed by atoms with E-state index in [1.54, 1.807) is 13.3 Å². The molecule has 130 valence electrons. The zero-order valence-electron chi connectivity index (χ0n) is 14.4. The van der Waals surface area contributed by atoms with Gasteiger partial charge in [-0.2, -0.15) is 5.10 Å². The summed E-state index contributed by atoms with van der Waals surface area (Å²) in [5, 5.41) is 6.23. The van der Waals surface area contributed by atoms with Crippen LogP contribution in [0, 0.1) is 0 Å². The topological polar surface area (TPSA) is 43.2 Å². The van der Waals surface area contributed by atoms with Gasteiger partial charge >= 0.3 is 0 Å². The molecule has 0 radical (unpaired) electrons. The molecule has 0 bridgehead atoms. The van der Waals surface area contributed by atoms with Crippen LogP contribution in [0.2, 0.25) is 5.02 Å². The standard InChI is InChI=1S/C19H21ClN4O/c1-23-7-4-14(5-8-23)24-12-13(11-22-24)15-9-16-17(20)3-6-21-18(16)10-19(15)25-2/h3,6,9-12,14H,4-5,7-8H2,1-2H3. The maximum atomic E-state index is 6.35. The Labute approximate surface area is 152 Å². The van der Waals surface area contributed by atoms with Gasteiger partial charge in [-0.15, -0.1) is 0 Å². The van der Waals surface area contributed by atoms with Crippen molar-refractivity contribution in [2.45, 2.75) is 18.9 Å². The number of piperidine rings is 1. The van der Waals surface area contributed by atoms with E-state index in [4.69, 9.17) is 16.3 Å². The van der Waals surface area contributed by atoms with Gasteiger partial charge in [0.1, 0.15) is 5.75 Å². The number of hydrogen-bond acceptors (Lipinski definition) is 4. The minimum absolute atomic E-state index is 0.460. The number of rotatable bonds is 3. The van der Waals surface area contributed by atoms with E-state index >= 15 is 0 Å². The van der Waals surface area contributed by atoms with Gasteiger partial charge in [-0.25, -0.2) is 0 Å². The quantitative estimate of drug-likeness (QED) is 0.710. The molecule has 25 heavy (non-hydrogen) atoms. The van der Waals surface area contributed by atoms with Crippen LogP contribution in [0.3, 0.4) is 0 Å². The normalized spacial score (nSPS) is 16.4. The lowest BCUT2D eigenvalue weighted by Crippen LogP contribution is -2.31. The first-order chi connectivity index (χ1) is 12.2. The van der Waals surface area contributed by atoms with Crippen LogP contribution in [0.15, 0.2) is 36.8 Å². The predicted octanol–water partition coefficient (Wildman–Crippen LogP) is 4.03. The largest absolute Gasteiger partial charge is 0.496 e. The SMILES string of the molecule is COc1cc2nccc(Cl)c2cc1-c1cnn(C2CCN(C)CC2)c1. The number of fused-ring (bicyclic) bond motifs is 1. The maximum absolute atomic E-state index is 6.35. The van der Waals surface area contributed by atoms with E-state index < -0.39 is 0 Å². The predicted molar refractivity (Wildman–Crippen MR) is 100 cm³/mol. The molecular weight excluding hydrogens is 336 g/mol. The highest BCUT2D eigenvalue weighted by Crippen LogP contribution is 2.36. The van der Waals surface area contributed by atoms with E-state index in [2.05, 4.69) is 32.9 Å². The van der Waals surface area contributed by atoms with Gasteiger partial charge in [-0.3, -0.25) is 9.67 Å². The summed E-state index contributed by atoms with van der Waals surface area (Å²) < 4.78 is 7.68. The van der Waals surface area contributed by atoms with Gasteiger partial charge in [-0.1, -0.05) is 11.6 Å². The zero-order valence-corrected chi connectivity index (χ0v) is 15.2. The number of likely N-dealkylation sites (tertiary alicyclic amines) is 1. The number of ether oxygens (including phenoxy) is 1. The van der Waals surface area contributed by atoms with Crippen LogP contribution in [0.4, 0.5) is 0 Å². The number of hydrogen-bond donors (Lipinski definition) is 0. The van der Waals surface area contributed by atoms with Crippen LogP contribution in [0.25, 0.3) is 22.0 Å². The molecule has 0 aliphatic carbocycles. The fraction of sp³-hybridized carbons (Fsp3) is 0.368. The summed E-state index contributed by atoms with van der Waals surface area (Å²) in [7, 11) is 3.85. The van der Waals surface area contributed by atoms with Crippen molar-refractivity contribution in [1.29, 1.82) is 0 Å². The highest BCUT2D eigenvalue weighted by atomic mass is 35.5. The summed E-state index contributed by atoms with van der Waals surface area (Å²) in [4.78, 5) is 6.74. The number of nitrogens with zero attached hydrogens (tertiary/aromatic N) is 4. The molecule has 1 aliphatic rings. The summed E-state index contributed by atoms with van der Waals surface area (Å²) in [5.41, 5.74) is 2.86. The number of halogens is 1. The van der Waals surface area contributed by atoms with Crippen LogP contribution in [0.1, 0.15) is 18.9 Å². The Morgan fingerprint density at radius 2 is 2.04 bits per heavy atom. The fourth-order valence-corrected chi connectivity index (χ4v) is 3.68. The van der Waals surface area contributed by atoms with Crippen LogP contribution in [-0.4, -0.2) is 46.9 Å². The van der Waals surface area contributed by atoms with E-state index in [0.717, 1.165) is 53.7 Å². The van der Waals surface area contributed by atoms with Crippen molar-refractivity contribution in [2.24, 2.45) is 0 Å². The van der Waals surface area contributed by atoms with Crippen LogP contribution in [-0.2, 0) is 0 Å². The van der Waals surface area contributed by atoms with E-state index in [9.17, 15) is 0 Å². The molecule has 0 atom stereocenters. The molecule has 0 saturated carbocycles. The average Bonchev–Trinajstić information content (AvgIpc) is 3.11. The Morgan fingerprint density at radius 1 is 1.24 bits per heavy atom. The van der Waals surface area contributed by atoms with Crippen molar-refractivity contribution in [3.63, 3.8) is 0 Å². The monoisotopic (exact) mass is 356 g/mol. The summed E-state index contributed by atoms with van der Waals surface area (Å²) in [6, 6.07) is 6.24. The van der Waals surface area contributed by atoms with Crippen LogP contribution < -0.4 is 4.74 Å². The van der Waals surface area contributed by atoms with Gasteiger partial charge in [0.25, 0.3) is 0 Å². The molecular formula is C19H21ClN4O. The Bertz CT molecular complexity index is 900. The van der Waals surface area contributed by atoms with Gasteiger partial charge in [0.15, 0.2) is 0 Å². The van der Waals surface area contributed by atoms with Crippen molar-refractivity contribution in [2.75, 3.05) is 27.2 Å². The smallest absolute Gasteiger partial charge is 0.128 e. The van der Waals surface area contributed by atoms with Crippen molar-refractivity contribution in [3.8, 4) is 16.9 Å². The second-order valence-corrected chi connectivity index (χ2v) is 7.01. The Morgan fingerprint density at radius 3 is 2.80 bits per heavy atom. The molecule has 0 spiro atoms. The van der Waals surface area contributed by atoms with E-state index in [-0.39, 0.29) is 0 Å². The third-order valence-corrected chi connectivity index (χ3v) is 5.31. The summed E-state index contributed by atoms with van der Waals surface area (Å²) in [6.45, 7) is 2.22. The first kappa shape index (κ1) is 16.4. The molecule has 1 aliphatic heterocycles. The van der Waals surface area contributed by atoms with Crippen LogP contribution >= 0.6 is 11.6 Å². The van der Waals surface area contributed by atoms with Gasteiger partial charge in [-0.05, 0) is 45.1 Å². The lowest BCUT2D eigenvalue weighted by Gasteiger charge is -2.28. The molecule has 0 unspecified atom stereocenters. The minimum Gasteiger partial charge on any atom is -0.496 e. The third-order valence-electron chi connectivity index (χ3n) is 4.98. The maximum Gasteiger partial charge on any atom is 0.128 e. The lowest BCUT2D eigenvalue weighted by atomic mass is 10.0. The van der Waals surface area contributed by atoms with Crippen molar-refractivity contribution in [1.82, 2.24) is 19.7 Å². The highest BCUT2D eigenvalue weighted by Gasteiger charge is 2.20. The summed E-state index contributed by atoms with van der Waals surface area (Å²) in [6.07, 6.45) is 7.99. The molecule has 3 heterocycles. The molecule has 1 aromatic carbocycles. The molecule has 3 aromatic rings. The van der Waals surface area contributed by atoms with E-state index in [1.807, 2.05) is 24.4 Å². The Balaban J connectivity index is 1.73.